The first kappa shape index (κ1) is 18.7. The maximum absolute atomic E-state index is 13.6. The highest BCUT2D eigenvalue weighted by molar-refractivity contribution is 5.93. The Morgan fingerprint density at radius 1 is 1.07 bits per heavy atom. The number of pyridine rings is 1. The predicted octanol–water partition coefficient (Wildman–Crippen LogP) is 3.53. The van der Waals surface area contributed by atoms with Crippen molar-refractivity contribution in [3.05, 3.63) is 83.4 Å². The van der Waals surface area contributed by atoms with Crippen LogP contribution in [0.15, 0.2) is 60.8 Å². The second kappa shape index (κ2) is 8.60. The topological polar surface area (TPSA) is 72.5 Å². The van der Waals surface area contributed by atoms with E-state index in [1.165, 1.54) is 6.07 Å². The first-order valence-corrected chi connectivity index (χ1v) is 9.29. The van der Waals surface area contributed by atoms with E-state index >= 15 is 0 Å². The van der Waals surface area contributed by atoms with Crippen molar-refractivity contribution in [1.82, 2.24) is 10.3 Å². The average Bonchev–Trinajstić information content (AvgIpc) is 3.22. The number of aromatic nitrogens is 1. The molecule has 2 N–H and O–H groups in total. The highest BCUT2D eigenvalue weighted by Crippen LogP contribution is 2.32. The largest absolute Gasteiger partial charge is 0.454 e. The second-order valence-corrected chi connectivity index (χ2v) is 6.57. The molecule has 2 aromatic carbocycles. The summed E-state index contributed by atoms with van der Waals surface area (Å²) >= 11 is 0. The second-order valence-electron chi connectivity index (χ2n) is 6.57. The van der Waals surface area contributed by atoms with Crippen molar-refractivity contribution < 1.29 is 18.7 Å². The fourth-order valence-corrected chi connectivity index (χ4v) is 3.02. The Labute approximate surface area is 167 Å². The number of nitrogens with one attached hydrogen (secondary N) is 2. The molecule has 7 heteroatoms. The van der Waals surface area contributed by atoms with Crippen molar-refractivity contribution in [1.29, 1.82) is 0 Å². The minimum atomic E-state index is -0.298. The van der Waals surface area contributed by atoms with Gasteiger partial charge in [0.15, 0.2) is 11.5 Å². The predicted molar refractivity (Wildman–Crippen MR) is 107 cm³/mol. The molecule has 1 aliphatic rings. The van der Waals surface area contributed by atoms with Gasteiger partial charge >= 0.3 is 0 Å². The Morgan fingerprint density at radius 3 is 2.83 bits per heavy atom. The van der Waals surface area contributed by atoms with Crippen LogP contribution in [-0.4, -0.2) is 24.2 Å². The Balaban J connectivity index is 1.32. The van der Waals surface area contributed by atoms with Crippen LogP contribution in [0.3, 0.4) is 0 Å². The van der Waals surface area contributed by atoms with Crippen molar-refractivity contribution in [2.45, 2.75) is 13.0 Å². The zero-order valence-corrected chi connectivity index (χ0v) is 15.7. The van der Waals surface area contributed by atoms with E-state index in [0.717, 1.165) is 22.7 Å². The van der Waals surface area contributed by atoms with Crippen LogP contribution in [0.4, 0.5) is 10.1 Å². The summed E-state index contributed by atoms with van der Waals surface area (Å²) in [5.41, 5.74) is 2.67. The van der Waals surface area contributed by atoms with Crippen molar-refractivity contribution >= 4 is 11.6 Å². The fraction of sp³-hybridized carbons (Fsp3) is 0.182. The Hall–Kier alpha value is -3.61. The summed E-state index contributed by atoms with van der Waals surface area (Å²) in [6.07, 6.45) is 1.99. The lowest BCUT2D eigenvalue weighted by Gasteiger charge is -2.09. The summed E-state index contributed by atoms with van der Waals surface area (Å²) in [4.78, 5) is 16.5. The first-order chi connectivity index (χ1) is 14.2. The normalized spacial score (nSPS) is 11.9. The number of carbonyl (C=O) groups excluding carboxylic acids is 1. The number of hydrogen-bond acceptors (Lipinski definition) is 5. The van der Waals surface area contributed by atoms with E-state index < -0.39 is 0 Å². The van der Waals surface area contributed by atoms with E-state index in [2.05, 4.69) is 15.6 Å². The zero-order chi connectivity index (χ0) is 20.1. The molecule has 1 amide bonds. The van der Waals surface area contributed by atoms with Gasteiger partial charge in [-0.2, -0.15) is 0 Å². The Morgan fingerprint density at radius 2 is 1.93 bits per heavy atom. The average molecular weight is 393 g/mol. The van der Waals surface area contributed by atoms with Gasteiger partial charge < -0.3 is 20.1 Å². The molecule has 29 heavy (non-hydrogen) atoms. The van der Waals surface area contributed by atoms with Gasteiger partial charge in [0.25, 0.3) is 5.91 Å². The molecule has 0 atom stereocenters. The van der Waals surface area contributed by atoms with Gasteiger partial charge in [-0.15, -0.1) is 0 Å². The minimum absolute atomic E-state index is 0.242. The van der Waals surface area contributed by atoms with E-state index in [4.69, 9.17) is 9.47 Å². The van der Waals surface area contributed by atoms with E-state index in [-0.39, 0.29) is 18.5 Å². The third kappa shape index (κ3) is 4.63. The molecule has 0 bridgehead atoms. The lowest BCUT2D eigenvalue weighted by molar-refractivity contribution is 0.0949. The summed E-state index contributed by atoms with van der Waals surface area (Å²) in [7, 11) is 0. The summed E-state index contributed by atoms with van der Waals surface area (Å²) < 4.78 is 24.3. The number of benzene rings is 2. The number of rotatable bonds is 7. The summed E-state index contributed by atoms with van der Waals surface area (Å²) in [5, 5.41) is 6.05. The number of ether oxygens (including phenoxy) is 2. The van der Waals surface area contributed by atoms with E-state index in [9.17, 15) is 9.18 Å². The van der Waals surface area contributed by atoms with E-state index in [1.807, 2.05) is 18.2 Å². The molecule has 0 unspecified atom stereocenters. The van der Waals surface area contributed by atoms with E-state index in [0.29, 0.717) is 30.8 Å². The van der Waals surface area contributed by atoms with Gasteiger partial charge in [-0.1, -0.05) is 24.3 Å². The molecule has 0 saturated heterocycles. The molecule has 4 rings (SSSR count). The zero-order valence-electron chi connectivity index (χ0n) is 15.7. The lowest BCUT2D eigenvalue weighted by Crippen LogP contribution is -2.26. The molecule has 3 aromatic rings. The number of amides is 1. The van der Waals surface area contributed by atoms with Crippen molar-refractivity contribution in [2.24, 2.45) is 0 Å². The number of nitrogens with zero attached hydrogens (tertiary/aromatic N) is 1. The molecule has 1 aliphatic heterocycles. The van der Waals surface area contributed by atoms with Gasteiger partial charge in [0.2, 0.25) is 6.79 Å². The highest BCUT2D eigenvalue weighted by atomic mass is 19.1. The van der Waals surface area contributed by atoms with Gasteiger partial charge in [-0.3, -0.25) is 9.78 Å². The monoisotopic (exact) mass is 393 g/mol. The highest BCUT2D eigenvalue weighted by Gasteiger charge is 2.13. The van der Waals surface area contributed by atoms with Gasteiger partial charge in [-0.25, -0.2) is 4.39 Å². The minimum Gasteiger partial charge on any atom is -0.454 e. The molecule has 0 radical (unpaired) electrons. The summed E-state index contributed by atoms with van der Waals surface area (Å²) in [5.74, 6) is 0.906. The molecular formula is C22H20FN3O3. The number of anilines is 1. The van der Waals surface area contributed by atoms with Crippen LogP contribution in [0.25, 0.3) is 0 Å². The molecule has 0 saturated carbocycles. The Bertz CT molecular complexity index is 1030. The molecule has 148 valence electrons. The maximum Gasteiger partial charge on any atom is 0.269 e. The Kier molecular flexibility index (Phi) is 5.56. The van der Waals surface area contributed by atoms with Crippen molar-refractivity contribution in [2.75, 3.05) is 18.7 Å². The van der Waals surface area contributed by atoms with Crippen LogP contribution < -0.4 is 20.1 Å². The van der Waals surface area contributed by atoms with Crippen LogP contribution in [0, 0.1) is 5.82 Å². The van der Waals surface area contributed by atoms with Crippen LogP contribution in [0.1, 0.15) is 21.6 Å². The van der Waals surface area contributed by atoms with Crippen LogP contribution in [-0.2, 0) is 13.0 Å². The van der Waals surface area contributed by atoms with Crippen LogP contribution in [0.2, 0.25) is 0 Å². The van der Waals surface area contributed by atoms with Crippen LogP contribution in [0.5, 0.6) is 11.5 Å². The van der Waals surface area contributed by atoms with Gasteiger partial charge in [0, 0.05) is 25.0 Å². The quantitative estimate of drug-likeness (QED) is 0.643. The molecule has 0 aliphatic carbocycles. The smallest absolute Gasteiger partial charge is 0.269 e. The number of halogens is 1. The molecule has 0 fully saturated rings. The third-order valence-corrected chi connectivity index (χ3v) is 4.56. The van der Waals surface area contributed by atoms with Gasteiger partial charge in [-0.05, 0) is 47.9 Å². The third-order valence-electron chi connectivity index (χ3n) is 4.56. The van der Waals surface area contributed by atoms with Crippen molar-refractivity contribution in [3.63, 3.8) is 0 Å². The van der Waals surface area contributed by atoms with E-state index in [1.54, 1.807) is 36.5 Å². The standard InChI is InChI=1S/C22H20FN3O3/c23-18-4-2-1-3-16(18)7-9-25-22(27)19-12-17(8-10-24-19)26-13-15-5-6-20-21(11-15)29-14-28-20/h1-6,8,10-12H,7,9,13-14H2,(H,24,26)(H,25,27). The number of carbonyl (C=O) groups is 1. The lowest BCUT2D eigenvalue weighted by atomic mass is 10.1. The SMILES string of the molecule is O=C(NCCc1ccccc1F)c1cc(NCc2ccc3c(c2)OCO3)ccn1. The van der Waals surface area contributed by atoms with Crippen molar-refractivity contribution in [3.8, 4) is 11.5 Å². The van der Waals surface area contributed by atoms with Gasteiger partial charge in [0.05, 0.1) is 0 Å². The van der Waals surface area contributed by atoms with Gasteiger partial charge in [0.1, 0.15) is 11.5 Å². The maximum atomic E-state index is 13.6. The molecule has 6 nitrogen and oxygen atoms in total. The number of hydrogen-bond donors (Lipinski definition) is 2. The molecule has 2 heterocycles. The summed E-state index contributed by atoms with van der Waals surface area (Å²) in [6.45, 7) is 1.14. The summed E-state index contributed by atoms with van der Waals surface area (Å²) in [6, 6.07) is 15.8. The fourth-order valence-electron chi connectivity index (χ4n) is 3.02. The first-order valence-electron chi connectivity index (χ1n) is 9.29. The molecular weight excluding hydrogens is 373 g/mol. The molecule has 0 spiro atoms. The molecule has 1 aromatic heterocycles. The number of fused-ring (bicyclic) bond motifs is 1. The van der Waals surface area contributed by atoms with Crippen LogP contribution >= 0.6 is 0 Å².